The van der Waals surface area contributed by atoms with Crippen molar-refractivity contribution < 1.29 is 19.1 Å². The molecule has 0 fully saturated rings. The highest BCUT2D eigenvalue weighted by molar-refractivity contribution is 7.18. The lowest BCUT2D eigenvalue weighted by Gasteiger charge is -1.99. The monoisotopic (exact) mass is 293 g/mol. The molecule has 0 aliphatic rings. The topological polar surface area (TPSA) is 90.4 Å². The summed E-state index contributed by atoms with van der Waals surface area (Å²) in [7, 11) is 2.71. The van der Waals surface area contributed by atoms with E-state index in [4.69, 9.17) is 4.74 Å². The Bertz CT molecular complexity index is 624. The minimum Gasteiger partial charge on any atom is -0.497 e. The van der Waals surface area contributed by atoms with Crippen LogP contribution in [0.1, 0.15) is 0 Å². The van der Waals surface area contributed by atoms with Crippen LogP contribution in [-0.2, 0) is 14.3 Å². The van der Waals surface area contributed by atoms with Crippen molar-refractivity contribution in [1.82, 2.24) is 10.2 Å². The summed E-state index contributed by atoms with van der Waals surface area (Å²) in [6, 6.07) is 7.24. The van der Waals surface area contributed by atoms with Crippen molar-refractivity contribution in [1.29, 1.82) is 0 Å². The van der Waals surface area contributed by atoms with Gasteiger partial charge in [0.2, 0.25) is 5.13 Å². The Balaban J connectivity index is 2.12. The maximum absolute atomic E-state index is 11.3. The van der Waals surface area contributed by atoms with Crippen LogP contribution in [0, 0.1) is 0 Å². The Labute approximate surface area is 118 Å². The molecule has 2 rings (SSSR count). The van der Waals surface area contributed by atoms with E-state index in [0.29, 0.717) is 5.01 Å². The summed E-state index contributed by atoms with van der Waals surface area (Å²) in [6.45, 7) is 0. The van der Waals surface area contributed by atoms with Crippen molar-refractivity contribution in [2.24, 2.45) is 0 Å². The van der Waals surface area contributed by atoms with Crippen molar-refractivity contribution >= 4 is 28.3 Å². The van der Waals surface area contributed by atoms with Gasteiger partial charge >= 0.3 is 11.9 Å². The van der Waals surface area contributed by atoms with Crippen LogP contribution in [0.4, 0.5) is 5.13 Å². The minimum absolute atomic E-state index is 0.228. The van der Waals surface area contributed by atoms with Crippen molar-refractivity contribution in [2.45, 2.75) is 0 Å². The highest BCUT2D eigenvalue weighted by atomic mass is 32.1. The van der Waals surface area contributed by atoms with E-state index >= 15 is 0 Å². The second kappa shape index (κ2) is 6.11. The zero-order chi connectivity index (χ0) is 14.5. The lowest BCUT2D eigenvalue weighted by molar-refractivity contribution is -0.150. The first kappa shape index (κ1) is 13.9. The molecule has 0 saturated heterocycles. The molecule has 1 N–H and O–H groups in total. The Morgan fingerprint density at radius 3 is 2.45 bits per heavy atom. The van der Waals surface area contributed by atoms with Gasteiger partial charge in [-0.3, -0.25) is 10.1 Å². The standard InChI is InChI=1S/C12H11N3O4S/c1-18-8-5-3-7(4-6-8)10-14-15-12(20-10)13-9(16)11(17)19-2/h3-6H,1-2H3,(H,13,15,16). The highest BCUT2D eigenvalue weighted by Gasteiger charge is 2.16. The molecule has 1 amide bonds. The van der Waals surface area contributed by atoms with Crippen molar-refractivity contribution in [2.75, 3.05) is 19.5 Å². The van der Waals surface area contributed by atoms with E-state index in [0.717, 1.165) is 29.8 Å². The molecule has 0 bridgehead atoms. The van der Waals surface area contributed by atoms with Gasteiger partial charge in [-0.15, -0.1) is 10.2 Å². The van der Waals surface area contributed by atoms with Crippen LogP contribution >= 0.6 is 11.3 Å². The Morgan fingerprint density at radius 1 is 1.15 bits per heavy atom. The maximum atomic E-state index is 11.3. The number of nitrogens with one attached hydrogen (secondary N) is 1. The second-order valence-corrected chi connectivity index (χ2v) is 4.56. The fraction of sp³-hybridized carbons (Fsp3) is 0.167. The number of amides is 1. The van der Waals surface area contributed by atoms with Gasteiger partial charge in [0.25, 0.3) is 0 Å². The van der Waals surface area contributed by atoms with Crippen LogP contribution in [0.3, 0.4) is 0 Å². The van der Waals surface area contributed by atoms with Crippen LogP contribution in [0.5, 0.6) is 5.75 Å². The van der Waals surface area contributed by atoms with E-state index in [1.807, 2.05) is 12.1 Å². The van der Waals surface area contributed by atoms with Gasteiger partial charge in [-0.2, -0.15) is 0 Å². The smallest absolute Gasteiger partial charge is 0.396 e. The fourth-order valence-corrected chi connectivity index (χ4v) is 2.11. The number of nitrogens with zero attached hydrogens (tertiary/aromatic N) is 2. The number of carbonyl (C=O) groups is 2. The van der Waals surface area contributed by atoms with Gasteiger partial charge < -0.3 is 9.47 Å². The predicted molar refractivity (Wildman–Crippen MR) is 72.5 cm³/mol. The zero-order valence-electron chi connectivity index (χ0n) is 10.7. The van der Waals surface area contributed by atoms with E-state index in [2.05, 4.69) is 20.3 Å². The largest absolute Gasteiger partial charge is 0.497 e. The average Bonchev–Trinajstić information content (AvgIpc) is 2.94. The zero-order valence-corrected chi connectivity index (χ0v) is 11.6. The summed E-state index contributed by atoms with van der Waals surface area (Å²) in [5.41, 5.74) is 0.835. The number of methoxy groups -OCH3 is 2. The lowest BCUT2D eigenvalue weighted by atomic mass is 10.2. The molecule has 0 aliphatic heterocycles. The SMILES string of the molecule is COC(=O)C(=O)Nc1nnc(-c2ccc(OC)cc2)s1. The molecule has 20 heavy (non-hydrogen) atoms. The molecule has 1 aromatic heterocycles. The Hall–Kier alpha value is -2.48. The van der Waals surface area contributed by atoms with Gasteiger partial charge in [-0.05, 0) is 24.3 Å². The first-order valence-corrected chi connectivity index (χ1v) is 6.33. The minimum atomic E-state index is -0.980. The number of anilines is 1. The van der Waals surface area contributed by atoms with Crippen LogP contribution in [-0.4, -0.2) is 36.3 Å². The van der Waals surface area contributed by atoms with E-state index in [-0.39, 0.29) is 5.13 Å². The third-order valence-corrected chi connectivity index (χ3v) is 3.24. The maximum Gasteiger partial charge on any atom is 0.396 e. The first-order valence-electron chi connectivity index (χ1n) is 5.51. The molecule has 2 aromatic rings. The summed E-state index contributed by atoms with van der Waals surface area (Å²) in [5.74, 6) is -1.13. The molecule has 7 nitrogen and oxygen atoms in total. The molecule has 0 radical (unpaired) electrons. The average molecular weight is 293 g/mol. The molecule has 8 heteroatoms. The quantitative estimate of drug-likeness (QED) is 0.678. The first-order chi connectivity index (χ1) is 9.63. The van der Waals surface area contributed by atoms with Gasteiger partial charge in [0, 0.05) is 5.56 Å². The number of hydrogen-bond donors (Lipinski definition) is 1. The molecule has 0 aliphatic carbocycles. The van der Waals surface area contributed by atoms with Gasteiger partial charge in [-0.25, -0.2) is 4.79 Å². The molecule has 104 valence electrons. The van der Waals surface area contributed by atoms with Crippen molar-refractivity contribution in [3.63, 3.8) is 0 Å². The summed E-state index contributed by atoms with van der Waals surface area (Å²) >= 11 is 1.15. The number of carbonyl (C=O) groups excluding carboxylic acids is 2. The van der Waals surface area contributed by atoms with Gasteiger partial charge in [-0.1, -0.05) is 11.3 Å². The third kappa shape index (κ3) is 3.09. The number of esters is 1. The van der Waals surface area contributed by atoms with Crippen molar-refractivity contribution in [3.05, 3.63) is 24.3 Å². The van der Waals surface area contributed by atoms with E-state index in [9.17, 15) is 9.59 Å². The molecule has 0 saturated carbocycles. The van der Waals surface area contributed by atoms with Crippen molar-refractivity contribution in [3.8, 4) is 16.3 Å². The van der Waals surface area contributed by atoms with Gasteiger partial charge in [0.15, 0.2) is 0 Å². The fourth-order valence-electron chi connectivity index (χ4n) is 1.36. The molecule has 0 atom stereocenters. The lowest BCUT2D eigenvalue weighted by Crippen LogP contribution is -2.23. The van der Waals surface area contributed by atoms with E-state index < -0.39 is 11.9 Å². The number of hydrogen-bond acceptors (Lipinski definition) is 7. The number of rotatable bonds is 3. The van der Waals surface area contributed by atoms with Crippen LogP contribution in [0.25, 0.3) is 10.6 Å². The van der Waals surface area contributed by atoms with Crippen LogP contribution in [0.15, 0.2) is 24.3 Å². The Kier molecular flexibility index (Phi) is 4.26. The predicted octanol–water partition coefficient (Wildman–Crippen LogP) is 1.33. The summed E-state index contributed by atoms with van der Waals surface area (Å²) in [5, 5.41) is 10.9. The number of ether oxygens (including phenoxy) is 2. The molecule has 1 heterocycles. The molecule has 1 aromatic carbocycles. The van der Waals surface area contributed by atoms with E-state index in [1.165, 1.54) is 0 Å². The van der Waals surface area contributed by atoms with Crippen LogP contribution in [0.2, 0.25) is 0 Å². The summed E-state index contributed by atoms with van der Waals surface area (Å²) in [6.07, 6.45) is 0. The van der Waals surface area contributed by atoms with Gasteiger partial charge in [0.05, 0.1) is 14.2 Å². The second-order valence-electron chi connectivity index (χ2n) is 3.59. The molecule has 0 spiro atoms. The van der Waals surface area contributed by atoms with Gasteiger partial charge in [0.1, 0.15) is 10.8 Å². The summed E-state index contributed by atoms with van der Waals surface area (Å²) in [4.78, 5) is 22.3. The molecular weight excluding hydrogens is 282 g/mol. The van der Waals surface area contributed by atoms with E-state index in [1.54, 1.807) is 19.2 Å². The molecular formula is C12H11N3O4S. The Morgan fingerprint density at radius 2 is 1.85 bits per heavy atom. The molecule has 0 unspecified atom stereocenters. The number of aromatic nitrogens is 2. The summed E-state index contributed by atoms with van der Waals surface area (Å²) < 4.78 is 9.35. The third-order valence-electron chi connectivity index (χ3n) is 2.35. The van der Waals surface area contributed by atoms with Crippen LogP contribution < -0.4 is 10.1 Å². The highest BCUT2D eigenvalue weighted by Crippen LogP contribution is 2.27. The number of benzene rings is 1. The normalized spacial score (nSPS) is 9.90.